The van der Waals surface area contributed by atoms with Crippen LogP contribution in [0.15, 0.2) is 12.2 Å². The zero-order valence-corrected chi connectivity index (χ0v) is 20.1. The maximum absolute atomic E-state index is 12.9. The lowest BCUT2D eigenvalue weighted by molar-refractivity contribution is -0.136. The number of allylic oxidation sites excluding steroid dienone is 2. The molecule has 0 radical (unpaired) electrons. The first-order chi connectivity index (χ1) is 15.6. The summed E-state index contributed by atoms with van der Waals surface area (Å²) in [7, 11) is 0. The van der Waals surface area contributed by atoms with E-state index in [9.17, 15) is 9.59 Å². The fraction of sp³-hybridized carbons (Fsp3) is 0.846. The Kier molecular flexibility index (Phi) is 13.8. The quantitative estimate of drug-likeness (QED) is 0.248. The van der Waals surface area contributed by atoms with Crippen molar-refractivity contribution >= 4 is 11.8 Å². The minimum absolute atomic E-state index is 0.00678. The van der Waals surface area contributed by atoms with E-state index in [4.69, 9.17) is 14.6 Å². The molecule has 2 fully saturated rings. The van der Waals surface area contributed by atoms with Gasteiger partial charge >= 0.3 is 5.97 Å². The highest BCUT2D eigenvalue weighted by Crippen LogP contribution is 2.34. The highest BCUT2D eigenvalue weighted by molar-refractivity contribution is 5.87. The molecule has 1 saturated heterocycles. The fourth-order valence-electron chi connectivity index (χ4n) is 4.97. The third-order valence-corrected chi connectivity index (χ3v) is 6.74. The molecule has 1 aliphatic heterocycles. The second-order valence-electron chi connectivity index (χ2n) is 9.29. The van der Waals surface area contributed by atoms with E-state index in [0.717, 1.165) is 39.0 Å². The van der Waals surface area contributed by atoms with Crippen LogP contribution in [0.25, 0.3) is 0 Å². The van der Waals surface area contributed by atoms with Crippen LogP contribution < -0.4 is 0 Å². The topological polar surface area (TPSA) is 76.1 Å². The number of unbranched alkanes of at least 4 members (excludes halogenated alkanes) is 7. The van der Waals surface area contributed by atoms with Crippen LogP contribution in [-0.4, -0.2) is 66.8 Å². The van der Waals surface area contributed by atoms with Gasteiger partial charge in [0, 0.05) is 38.5 Å². The highest BCUT2D eigenvalue weighted by Gasteiger charge is 2.45. The van der Waals surface area contributed by atoms with Crippen LogP contribution in [0.5, 0.6) is 0 Å². The molecule has 2 aliphatic rings. The van der Waals surface area contributed by atoms with Crippen molar-refractivity contribution in [2.75, 3.05) is 32.9 Å². The smallest absolute Gasteiger partial charge is 0.303 e. The van der Waals surface area contributed by atoms with Crippen molar-refractivity contribution in [3.63, 3.8) is 0 Å². The standard InChI is InChI=1S/C26H45NO5/c1-2-3-4-5-6-7-10-13-18-32-24-21-23(28)26(27-16-19-31-20-17-27)22(24)14-11-8-9-12-15-25(29)30/h8-9,22,24,26H,2-7,10-21H2,1H3,(H,29,30)/b9-8-/t22-,24-,26+/m0/s1. The number of Topliss-reactive ketones (excluding diaryl/α,β-unsaturated/α-hetero) is 1. The Balaban J connectivity index is 1.78. The normalized spacial score (nSPS) is 24.5. The Hall–Kier alpha value is -1.24. The van der Waals surface area contributed by atoms with Gasteiger partial charge in [-0.25, -0.2) is 0 Å². The molecule has 184 valence electrons. The van der Waals surface area contributed by atoms with Crippen LogP contribution in [0.4, 0.5) is 0 Å². The molecule has 32 heavy (non-hydrogen) atoms. The molecular formula is C26H45NO5. The number of carboxylic acid groups (broad SMARTS) is 1. The van der Waals surface area contributed by atoms with Crippen LogP contribution in [0.1, 0.15) is 90.4 Å². The van der Waals surface area contributed by atoms with Crippen LogP contribution in [0.2, 0.25) is 0 Å². The Bertz CT molecular complexity index is 558. The number of hydrogen-bond acceptors (Lipinski definition) is 5. The third kappa shape index (κ3) is 10.1. The second kappa shape index (κ2) is 16.4. The van der Waals surface area contributed by atoms with E-state index in [1.807, 2.05) is 6.08 Å². The van der Waals surface area contributed by atoms with Gasteiger partial charge in [0.25, 0.3) is 0 Å². The van der Waals surface area contributed by atoms with E-state index in [1.165, 1.54) is 44.9 Å². The number of rotatable bonds is 17. The van der Waals surface area contributed by atoms with Crippen LogP contribution in [0, 0.1) is 5.92 Å². The number of hydrogen-bond donors (Lipinski definition) is 1. The van der Waals surface area contributed by atoms with Gasteiger partial charge < -0.3 is 14.6 Å². The largest absolute Gasteiger partial charge is 0.481 e. The minimum atomic E-state index is -0.766. The number of ketones is 1. The zero-order valence-electron chi connectivity index (χ0n) is 20.1. The first-order valence-electron chi connectivity index (χ1n) is 13.0. The van der Waals surface area contributed by atoms with Gasteiger partial charge in [-0.1, -0.05) is 64.0 Å². The number of carbonyl (C=O) groups is 2. The zero-order chi connectivity index (χ0) is 23.0. The van der Waals surface area contributed by atoms with Crippen molar-refractivity contribution in [2.24, 2.45) is 5.92 Å². The van der Waals surface area contributed by atoms with E-state index in [0.29, 0.717) is 31.8 Å². The summed E-state index contributed by atoms with van der Waals surface area (Å²) in [6.07, 6.45) is 17.2. The molecule has 6 nitrogen and oxygen atoms in total. The SMILES string of the molecule is CCCCCCCCCCO[C@H]1CC(=O)[C@H](N2CCOCC2)[C@H]1CC/C=C\CCC(=O)O. The van der Waals surface area contributed by atoms with Gasteiger partial charge in [0.2, 0.25) is 0 Å². The van der Waals surface area contributed by atoms with Crippen LogP contribution in [0.3, 0.4) is 0 Å². The van der Waals surface area contributed by atoms with Crippen molar-refractivity contribution in [3.8, 4) is 0 Å². The summed E-state index contributed by atoms with van der Waals surface area (Å²) < 4.78 is 11.8. The predicted molar refractivity (Wildman–Crippen MR) is 127 cm³/mol. The Morgan fingerprint density at radius 2 is 1.72 bits per heavy atom. The molecule has 0 aromatic carbocycles. The third-order valence-electron chi connectivity index (χ3n) is 6.74. The molecule has 2 rings (SSSR count). The van der Waals surface area contributed by atoms with Crippen LogP contribution >= 0.6 is 0 Å². The molecule has 0 unspecified atom stereocenters. The summed E-state index contributed by atoms with van der Waals surface area (Å²) in [5, 5.41) is 8.77. The molecule has 0 bridgehead atoms. The monoisotopic (exact) mass is 451 g/mol. The summed E-state index contributed by atoms with van der Waals surface area (Å²) in [6, 6.07) is -0.0603. The first kappa shape index (κ1) is 27.0. The molecule has 0 amide bonds. The number of aliphatic carboxylic acids is 1. The highest BCUT2D eigenvalue weighted by atomic mass is 16.5. The predicted octanol–water partition coefficient (Wildman–Crippen LogP) is 5.00. The molecule has 3 atom stereocenters. The second-order valence-corrected chi connectivity index (χ2v) is 9.29. The fourth-order valence-corrected chi connectivity index (χ4v) is 4.97. The van der Waals surface area contributed by atoms with Crippen molar-refractivity contribution in [3.05, 3.63) is 12.2 Å². The first-order valence-corrected chi connectivity index (χ1v) is 13.0. The molecule has 0 aromatic heterocycles. The number of ether oxygens (including phenoxy) is 2. The van der Waals surface area contributed by atoms with Gasteiger partial charge in [0.15, 0.2) is 5.78 Å². The van der Waals surface area contributed by atoms with E-state index in [-0.39, 0.29) is 24.5 Å². The van der Waals surface area contributed by atoms with Crippen molar-refractivity contribution < 1.29 is 24.2 Å². The lowest BCUT2D eigenvalue weighted by atomic mass is 9.93. The molecule has 6 heteroatoms. The average molecular weight is 452 g/mol. The number of carboxylic acids is 1. The number of morpholine rings is 1. The Labute approximate surface area is 194 Å². The molecule has 1 saturated carbocycles. The summed E-state index contributed by atoms with van der Waals surface area (Å²) in [5.41, 5.74) is 0. The molecule has 1 aliphatic carbocycles. The summed E-state index contributed by atoms with van der Waals surface area (Å²) in [4.78, 5) is 25.9. The van der Waals surface area contributed by atoms with Gasteiger partial charge in [0.1, 0.15) is 0 Å². The molecule has 1 heterocycles. The van der Waals surface area contributed by atoms with Gasteiger partial charge in [0.05, 0.1) is 25.4 Å². The van der Waals surface area contributed by atoms with Crippen LogP contribution in [-0.2, 0) is 19.1 Å². The summed E-state index contributed by atoms with van der Waals surface area (Å²) in [6.45, 7) is 5.99. The van der Waals surface area contributed by atoms with E-state index in [2.05, 4.69) is 17.9 Å². The van der Waals surface area contributed by atoms with Gasteiger partial charge in [-0.05, 0) is 25.7 Å². The number of carbonyl (C=O) groups excluding carboxylic acids is 1. The van der Waals surface area contributed by atoms with E-state index >= 15 is 0 Å². The maximum Gasteiger partial charge on any atom is 0.303 e. The lowest BCUT2D eigenvalue weighted by Gasteiger charge is -2.35. The minimum Gasteiger partial charge on any atom is -0.481 e. The summed E-state index contributed by atoms with van der Waals surface area (Å²) >= 11 is 0. The Morgan fingerprint density at radius 1 is 1.06 bits per heavy atom. The number of nitrogens with zero attached hydrogens (tertiary/aromatic N) is 1. The summed E-state index contributed by atoms with van der Waals surface area (Å²) in [5.74, 6) is -0.246. The van der Waals surface area contributed by atoms with E-state index < -0.39 is 5.97 Å². The lowest BCUT2D eigenvalue weighted by Crippen LogP contribution is -2.49. The average Bonchev–Trinajstić information content (AvgIpc) is 3.10. The molecule has 0 spiro atoms. The van der Waals surface area contributed by atoms with Crippen molar-refractivity contribution in [1.29, 1.82) is 0 Å². The molecular weight excluding hydrogens is 406 g/mol. The van der Waals surface area contributed by atoms with Crippen molar-refractivity contribution in [2.45, 2.75) is 103 Å². The molecule has 1 N–H and O–H groups in total. The van der Waals surface area contributed by atoms with Gasteiger partial charge in [-0.15, -0.1) is 0 Å². The maximum atomic E-state index is 12.9. The van der Waals surface area contributed by atoms with Gasteiger partial charge in [-0.2, -0.15) is 0 Å². The van der Waals surface area contributed by atoms with Crippen molar-refractivity contribution in [1.82, 2.24) is 4.90 Å². The van der Waals surface area contributed by atoms with E-state index in [1.54, 1.807) is 0 Å². The van der Waals surface area contributed by atoms with Gasteiger partial charge in [-0.3, -0.25) is 14.5 Å². The molecule has 0 aromatic rings. The Morgan fingerprint density at radius 3 is 2.41 bits per heavy atom.